The highest BCUT2D eigenvalue weighted by molar-refractivity contribution is 6.39. The number of benzene rings is 1. The molecule has 0 spiro atoms. The van der Waals surface area contributed by atoms with E-state index in [9.17, 15) is 14.4 Å². The van der Waals surface area contributed by atoms with Gasteiger partial charge >= 0.3 is 11.8 Å². The highest BCUT2D eigenvalue weighted by Gasteiger charge is 2.25. The van der Waals surface area contributed by atoms with Gasteiger partial charge < -0.3 is 20.5 Å². The van der Waals surface area contributed by atoms with Crippen molar-refractivity contribution in [2.45, 2.75) is 6.04 Å². The topological polar surface area (TPSA) is 97.5 Å². The number of anilines is 1. The van der Waals surface area contributed by atoms with Gasteiger partial charge in [-0.3, -0.25) is 19.3 Å². The van der Waals surface area contributed by atoms with E-state index in [-0.39, 0.29) is 17.2 Å². The van der Waals surface area contributed by atoms with Crippen LogP contribution in [0.3, 0.4) is 0 Å². The largest absolute Gasteiger partial charge is 0.366 e. The number of amides is 2. The number of H-pyrrole nitrogens is 1. The molecule has 2 amide bonds. The first-order chi connectivity index (χ1) is 13.5. The Labute approximate surface area is 163 Å². The average Bonchev–Trinajstić information content (AvgIpc) is 2.71. The van der Waals surface area contributed by atoms with Gasteiger partial charge in [-0.05, 0) is 12.6 Å². The first-order valence-electron chi connectivity index (χ1n) is 9.28. The second-order valence-corrected chi connectivity index (χ2v) is 6.85. The Hall–Kier alpha value is -2.97. The predicted octanol–water partition coefficient (Wildman–Crippen LogP) is 0.418. The Morgan fingerprint density at radius 2 is 1.79 bits per heavy atom. The van der Waals surface area contributed by atoms with Crippen LogP contribution in [0, 0.1) is 0 Å². The molecule has 2 aromatic rings. The fourth-order valence-corrected chi connectivity index (χ4v) is 3.23. The van der Waals surface area contributed by atoms with Gasteiger partial charge in [0, 0.05) is 51.2 Å². The van der Waals surface area contributed by atoms with Crippen LogP contribution in [0.1, 0.15) is 11.6 Å². The standard InChI is InChI=1S/C20H25N5O3/c1-24-9-11-25(12-10-24)17(15-5-3-2-4-6-15)14-22-19(27)20(28)23-16-13-21-8-7-18(16)26/h2-8,13,17H,9-12,14H2,1H3,(H,21,26)(H,22,27)(H,23,28)/t17-/m1/s1. The number of carbonyl (C=O) groups is 2. The number of aromatic amines is 1. The fraction of sp³-hybridized carbons (Fsp3) is 0.350. The summed E-state index contributed by atoms with van der Waals surface area (Å²) >= 11 is 0. The molecule has 2 heterocycles. The zero-order chi connectivity index (χ0) is 19.9. The van der Waals surface area contributed by atoms with Crippen LogP contribution in [0.4, 0.5) is 5.69 Å². The molecule has 1 atom stereocenters. The van der Waals surface area contributed by atoms with Gasteiger partial charge in [-0.2, -0.15) is 0 Å². The van der Waals surface area contributed by atoms with Gasteiger partial charge in [-0.25, -0.2) is 0 Å². The van der Waals surface area contributed by atoms with Crippen molar-refractivity contribution in [3.63, 3.8) is 0 Å². The molecule has 0 saturated carbocycles. The van der Waals surface area contributed by atoms with E-state index in [0.29, 0.717) is 6.54 Å². The predicted molar refractivity (Wildman–Crippen MR) is 107 cm³/mol. The first kappa shape index (κ1) is 19.8. The summed E-state index contributed by atoms with van der Waals surface area (Å²) < 4.78 is 0. The van der Waals surface area contributed by atoms with Crippen molar-refractivity contribution >= 4 is 17.5 Å². The Morgan fingerprint density at radius 3 is 2.46 bits per heavy atom. The number of nitrogens with one attached hydrogen (secondary N) is 3. The second-order valence-electron chi connectivity index (χ2n) is 6.85. The van der Waals surface area contributed by atoms with Gasteiger partial charge in [0.1, 0.15) is 5.69 Å². The zero-order valence-corrected chi connectivity index (χ0v) is 15.9. The quantitative estimate of drug-likeness (QED) is 0.650. The molecular formula is C20H25N5O3. The molecule has 148 valence electrons. The number of likely N-dealkylation sites (N-methyl/N-ethyl adjacent to an activating group) is 1. The molecule has 8 nitrogen and oxygen atoms in total. The van der Waals surface area contributed by atoms with Gasteiger partial charge in [0.2, 0.25) is 5.43 Å². The van der Waals surface area contributed by atoms with Gasteiger partial charge in [-0.15, -0.1) is 0 Å². The van der Waals surface area contributed by atoms with Crippen molar-refractivity contribution in [2.24, 2.45) is 0 Å². The normalized spacial score (nSPS) is 16.3. The number of piperazine rings is 1. The molecule has 0 aliphatic carbocycles. The van der Waals surface area contributed by atoms with Crippen molar-refractivity contribution in [3.8, 4) is 0 Å². The third-order valence-electron chi connectivity index (χ3n) is 4.90. The molecule has 1 aromatic heterocycles. The van der Waals surface area contributed by atoms with Crippen molar-refractivity contribution in [1.29, 1.82) is 0 Å². The summed E-state index contributed by atoms with van der Waals surface area (Å²) in [6.07, 6.45) is 2.81. The van der Waals surface area contributed by atoms with Crippen molar-refractivity contribution in [1.82, 2.24) is 20.1 Å². The van der Waals surface area contributed by atoms with Crippen molar-refractivity contribution in [3.05, 3.63) is 64.6 Å². The minimum absolute atomic E-state index is 0.0215. The summed E-state index contributed by atoms with van der Waals surface area (Å²) in [4.78, 5) is 43.4. The number of hydrogen-bond acceptors (Lipinski definition) is 5. The van der Waals surface area contributed by atoms with Gasteiger partial charge in [0.05, 0.1) is 6.04 Å². The Balaban J connectivity index is 1.64. The highest BCUT2D eigenvalue weighted by atomic mass is 16.2. The van der Waals surface area contributed by atoms with Crippen LogP contribution in [0.5, 0.6) is 0 Å². The van der Waals surface area contributed by atoms with Crippen molar-refractivity contribution in [2.75, 3.05) is 45.1 Å². The summed E-state index contributed by atoms with van der Waals surface area (Å²) in [6, 6.07) is 11.2. The molecule has 8 heteroatoms. The molecule has 0 bridgehead atoms. The summed E-state index contributed by atoms with van der Waals surface area (Å²) in [5.41, 5.74) is 0.771. The van der Waals surface area contributed by atoms with Crippen LogP contribution in [0.25, 0.3) is 0 Å². The maximum Gasteiger partial charge on any atom is 0.313 e. The molecule has 1 aliphatic rings. The third-order valence-corrected chi connectivity index (χ3v) is 4.90. The van der Waals surface area contributed by atoms with Crippen LogP contribution < -0.4 is 16.1 Å². The minimum atomic E-state index is -0.859. The lowest BCUT2D eigenvalue weighted by Crippen LogP contribution is -2.49. The lowest BCUT2D eigenvalue weighted by Gasteiger charge is -2.38. The number of nitrogens with zero attached hydrogens (tertiary/aromatic N) is 2. The molecule has 0 radical (unpaired) electrons. The molecule has 28 heavy (non-hydrogen) atoms. The maximum atomic E-state index is 12.3. The molecule has 1 aromatic carbocycles. The molecular weight excluding hydrogens is 358 g/mol. The number of pyridine rings is 1. The van der Waals surface area contributed by atoms with E-state index in [4.69, 9.17) is 0 Å². The van der Waals surface area contributed by atoms with E-state index in [1.54, 1.807) is 0 Å². The molecule has 0 unspecified atom stereocenters. The van der Waals surface area contributed by atoms with Gasteiger partial charge in [0.15, 0.2) is 0 Å². The molecule has 3 rings (SSSR count). The maximum absolute atomic E-state index is 12.3. The zero-order valence-electron chi connectivity index (χ0n) is 15.9. The number of hydrogen-bond donors (Lipinski definition) is 3. The molecule has 1 saturated heterocycles. The average molecular weight is 383 g/mol. The lowest BCUT2D eigenvalue weighted by atomic mass is 10.0. The number of aromatic nitrogens is 1. The summed E-state index contributed by atoms with van der Waals surface area (Å²) in [6.45, 7) is 3.99. The van der Waals surface area contributed by atoms with E-state index >= 15 is 0 Å². The van der Waals surface area contributed by atoms with E-state index in [1.165, 1.54) is 18.5 Å². The van der Waals surface area contributed by atoms with E-state index in [2.05, 4.69) is 32.5 Å². The van der Waals surface area contributed by atoms with E-state index in [0.717, 1.165) is 31.7 Å². The lowest BCUT2D eigenvalue weighted by molar-refractivity contribution is -0.136. The monoisotopic (exact) mass is 383 g/mol. The van der Waals surface area contributed by atoms with Crippen LogP contribution >= 0.6 is 0 Å². The SMILES string of the molecule is CN1CCN([C@H](CNC(=O)C(=O)Nc2c[nH]ccc2=O)c2ccccc2)CC1. The summed E-state index contributed by atoms with van der Waals surface area (Å²) in [7, 11) is 2.09. The van der Waals surface area contributed by atoms with Crippen LogP contribution in [-0.2, 0) is 9.59 Å². The summed E-state index contributed by atoms with van der Waals surface area (Å²) in [5.74, 6) is -1.62. The Bertz CT molecular complexity index is 859. The van der Waals surface area contributed by atoms with Gasteiger partial charge in [0.25, 0.3) is 0 Å². The van der Waals surface area contributed by atoms with E-state index in [1.807, 2.05) is 30.3 Å². The molecule has 1 aliphatic heterocycles. The highest BCUT2D eigenvalue weighted by Crippen LogP contribution is 2.21. The second kappa shape index (κ2) is 9.29. The molecule has 1 fully saturated rings. The van der Waals surface area contributed by atoms with Gasteiger partial charge in [-0.1, -0.05) is 30.3 Å². The van der Waals surface area contributed by atoms with Crippen LogP contribution in [0.2, 0.25) is 0 Å². The first-order valence-corrected chi connectivity index (χ1v) is 9.28. The van der Waals surface area contributed by atoms with Crippen molar-refractivity contribution < 1.29 is 9.59 Å². The van der Waals surface area contributed by atoms with Crippen LogP contribution in [0.15, 0.2) is 53.6 Å². The Morgan fingerprint density at radius 1 is 1.07 bits per heavy atom. The Kier molecular flexibility index (Phi) is 6.57. The fourth-order valence-electron chi connectivity index (χ4n) is 3.23. The van der Waals surface area contributed by atoms with E-state index < -0.39 is 11.8 Å². The molecule has 3 N–H and O–H groups in total. The third kappa shape index (κ3) is 5.05. The summed E-state index contributed by atoms with van der Waals surface area (Å²) in [5, 5.41) is 5.05. The smallest absolute Gasteiger partial charge is 0.313 e. The number of carbonyl (C=O) groups excluding carboxylic acids is 2. The van der Waals surface area contributed by atoms with Crippen LogP contribution in [-0.4, -0.2) is 66.4 Å². The number of rotatable bonds is 5. The minimum Gasteiger partial charge on any atom is -0.366 e.